The number of benzene rings is 1. The molecular weight excluding hydrogens is 200 g/mol. The van der Waals surface area contributed by atoms with E-state index >= 15 is 0 Å². The van der Waals surface area contributed by atoms with E-state index < -0.39 is 0 Å². The standard InChI is InChI=1S/C14H18O2/c1-9-12(15)8-10-6-5-7-11(13(10)16-9)14(2,3)4/h5-7,9H,8H2,1-4H3. The molecular formula is C14H18O2. The second-order valence-corrected chi connectivity index (χ2v) is 5.45. The van der Waals surface area contributed by atoms with E-state index in [4.69, 9.17) is 4.74 Å². The Kier molecular flexibility index (Phi) is 2.53. The normalized spacial score (nSPS) is 20.2. The lowest BCUT2D eigenvalue weighted by Gasteiger charge is -2.29. The number of fused-ring (bicyclic) bond motifs is 1. The summed E-state index contributed by atoms with van der Waals surface area (Å²) in [4.78, 5) is 11.6. The molecule has 0 radical (unpaired) electrons. The maximum absolute atomic E-state index is 11.6. The molecule has 2 heteroatoms. The number of para-hydroxylation sites is 1. The summed E-state index contributed by atoms with van der Waals surface area (Å²) >= 11 is 0. The molecule has 1 unspecified atom stereocenters. The second-order valence-electron chi connectivity index (χ2n) is 5.45. The Balaban J connectivity index is 2.53. The van der Waals surface area contributed by atoms with Crippen LogP contribution in [0.15, 0.2) is 18.2 Å². The summed E-state index contributed by atoms with van der Waals surface area (Å²) in [7, 11) is 0. The summed E-state index contributed by atoms with van der Waals surface area (Å²) in [6.07, 6.45) is 0.191. The van der Waals surface area contributed by atoms with Gasteiger partial charge in [0, 0.05) is 12.0 Å². The van der Waals surface area contributed by atoms with Crippen LogP contribution in [0.25, 0.3) is 0 Å². The van der Waals surface area contributed by atoms with Gasteiger partial charge in [-0.1, -0.05) is 39.0 Å². The number of hydrogen-bond donors (Lipinski definition) is 0. The molecule has 0 saturated heterocycles. The summed E-state index contributed by atoms with van der Waals surface area (Å²) in [6.45, 7) is 8.30. The Morgan fingerprint density at radius 1 is 1.31 bits per heavy atom. The summed E-state index contributed by atoms with van der Waals surface area (Å²) in [5, 5.41) is 0. The van der Waals surface area contributed by atoms with E-state index in [2.05, 4.69) is 26.8 Å². The zero-order chi connectivity index (χ0) is 11.9. The Hall–Kier alpha value is -1.31. The Morgan fingerprint density at radius 3 is 2.62 bits per heavy atom. The summed E-state index contributed by atoms with van der Waals surface area (Å²) in [5.41, 5.74) is 2.26. The lowest BCUT2D eigenvalue weighted by atomic mass is 9.83. The number of rotatable bonds is 0. The Labute approximate surface area is 96.6 Å². The fourth-order valence-corrected chi connectivity index (χ4v) is 2.03. The van der Waals surface area contributed by atoms with Crippen LogP contribution in [0.1, 0.15) is 38.8 Å². The molecule has 1 aliphatic rings. The number of carbonyl (C=O) groups excluding carboxylic acids is 1. The highest BCUT2D eigenvalue weighted by Gasteiger charge is 2.29. The molecule has 0 fully saturated rings. The highest BCUT2D eigenvalue weighted by molar-refractivity contribution is 5.87. The molecule has 2 nitrogen and oxygen atoms in total. The van der Waals surface area contributed by atoms with Gasteiger partial charge in [-0.2, -0.15) is 0 Å². The molecule has 0 spiro atoms. The molecule has 0 saturated carbocycles. The van der Waals surface area contributed by atoms with Crippen LogP contribution in [-0.2, 0) is 16.6 Å². The van der Waals surface area contributed by atoms with Gasteiger partial charge in [-0.15, -0.1) is 0 Å². The quantitative estimate of drug-likeness (QED) is 0.669. The molecule has 2 rings (SSSR count). The van der Waals surface area contributed by atoms with Crippen LogP contribution >= 0.6 is 0 Å². The third-order valence-electron chi connectivity index (χ3n) is 3.02. The van der Waals surface area contributed by atoms with Crippen molar-refractivity contribution in [2.24, 2.45) is 0 Å². The number of ketones is 1. The van der Waals surface area contributed by atoms with Gasteiger partial charge in [0.05, 0.1) is 0 Å². The van der Waals surface area contributed by atoms with E-state index in [9.17, 15) is 4.79 Å². The van der Waals surface area contributed by atoms with Crippen LogP contribution in [0.4, 0.5) is 0 Å². The van der Waals surface area contributed by atoms with Gasteiger partial charge in [0.25, 0.3) is 0 Å². The highest BCUT2D eigenvalue weighted by Crippen LogP contribution is 2.37. The average Bonchev–Trinajstić information content (AvgIpc) is 2.17. The van der Waals surface area contributed by atoms with Crippen LogP contribution in [0.2, 0.25) is 0 Å². The molecule has 1 heterocycles. The molecule has 1 atom stereocenters. The first-order valence-corrected chi connectivity index (χ1v) is 5.71. The molecule has 0 amide bonds. The molecule has 86 valence electrons. The van der Waals surface area contributed by atoms with Crippen molar-refractivity contribution in [1.29, 1.82) is 0 Å². The largest absolute Gasteiger partial charge is 0.482 e. The fraction of sp³-hybridized carbons (Fsp3) is 0.500. The first-order chi connectivity index (χ1) is 7.39. The van der Waals surface area contributed by atoms with E-state index in [1.54, 1.807) is 0 Å². The minimum atomic E-state index is -0.309. The van der Waals surface area contributed by atoms with E-state index in [0.29, 0.717) is 6.42 Å². The van der Waals surface area contributed by atoms with E-state index in [1.165, 1.54) is 5.56 Å². The summed E-state index contributed by atoms with van der Waals surface area (Å²) in [6, 6.07) is 6.07. The van der Waals surface area contributed by atoms with Crippen molar-refractivity contribution in [1.82, 2.24) is 0 Å². The van der Waals surface area contributed by atoms with Crippen molar-refractivity contribution in [3.63, 3.8) is 0 Å². The third kappa shape index (κ3) is 1.84. The molecule has 16 heavy (non-hydrogen) atoms. The smallest absolute Gasteiger partial charge is 0.177 e. The van der Waals surface area contributed by atoms with Crippen LogP contribution < -0.4 is 4.74 Å². The van der Waals surface area contributed by atoms with E-state index in [-0.39, 0.29) is 17.3 Å². The van der Waals surface area contributed by atoms with Crippen molar-refractivity contribution >= 4 is 5.78 Å². The van der Waals surface area contributed by atoms with Crippen molar-refractivity contribution in [3.8, 4) is 5.75 Å². The van der Waals surface area contributed by atoms with Gasteiger partial charge in [0.1, 0.15) is 5.75 Å². The van der Waals surface area contributed by atoms with Crippen LogP contribution in [0, 0.1) is 0 Å². The third-order valence-corrected chi connectivity index (χ3v) is 3.02. The van der Waals surface area contributed by atoms with Crippen LogP contribution in [0.3, 0.4) is 0 Å². The maximum Gasteiger partial charge on any atom is 0.177 e. The molecule has 1 aromatic rings. The minimum absolute atomic E-state index is 0.0471. The Morgan fingerprint density at radius 2 is 2.00 bits per heavy atom. The van der Waals surface area contributed by atoms with E-state index in [0.717, 1.165) is 11.3 Å². The van der Waals surface area contributed by atoms with Gasteiger partial charge in [0.2, 0.25) is 0 Å². The van der Waals surface area contributed by atoms with Gasteiger partial charge in [-0.3, -0.25) is 4.79 Å². The average molecular weight is 218 g/mol. The number of ether oxygens (including phenoxy) is 1. The first kappa shape index (κ1) is 11.2. The molecule has 0 aliphatic carbocycles. The minimum Gasteiger partial charge on any atom is -0.482 e. The zero-order valence-corrected chi connectivity index (χ0v) is 10.3. The van der Waals surface area contributed by atoms with Crippen molar-refractivity contribution in [3.05, 3.63) is 29.3 Å². The molecule has 0 N–H and O–H groups in total. The van der Waals surface area contributed by atoms with Crippen LogP contribution in [0.5, 0.6) is 5.75 Å². The number of carbonyl (C=O) groups is 1. The molecule has 0 aromatic heterocycles. The SMILES string of the molecule is CC1Oc2c(cccc2C(C)(C)C)CC1=O. The van der Waals surface area contributed by atoms with Gasteiger partial charge in [-0.25, -0.2) is 0 Å². The first-order valence-electron chi connectivity index (χ1n) is 5.71. The molecule has 1 aromatic carbocycles. The zero-order valence-electron chi connectivity index (χ0n) is 10.3. The Bertz CT molecular complexity index is 427. The van der Waals surface area contributed by atoms with Crippen molar-refractivity contribution in [2.75, 3.05) is 0 Å². The number of Topliss-reactive ketones (excluding diaryl/α,β-unsaturated/α-hetero) is 1. The second kappa shape index (κ2) is 3.62. The lowest BCUT2D eigenvalue weighted by molar-refractivity contribution is -0.125. The van der Waals surface area contributed by atoms with Gasteiger partial charge in [-0.05, 0) is 17.9 Å². The monoisotopic (exact) mass is 218 g/mol. The topological polar surface area (TPSA) is 26.3 Å². The predicted molar refractivity (Wildman–Crippen MR) is 63.9 cm³/mol. The fourth-order valence-electron chi connectivity index (χ4n) is 2.03. The molecule has 0 bridgehead atoms. The van der Waals surface area contributed by atoms with E-state index in [1.807, 2.05) is 19.1 Å². The highest BCUT2D eigenvalue weighted by atomic mass is 16.5. The predicted octanol–water partition coefficient (Wildman–Crippen LogP) is 2.88. The summed E-state index contributed by atoms with van der Waals surface area (Å²) < 4.78 is 5.75. The van der Waals surface area contributed by atoms with Gasteiger partial charge in [0.15, 0.2) is 11.9 Å². The van der Waals surface area contributed by atoms with Gasteiger partial charge < -0.3 is 4.74 Å². The van der Waals surface area contributed by atoms with Gasteiger partial charge >= 0.3 is 0 Å². The summed E-state index contributed by atoms with van der Waals surface area (Å²) in [5.74, 6) is 1.08. The molecule has 1 aliphatic heterocycles. The number of hydrogen-bond acceptors (Lipinski definition) is 2. The maximum atomic E-state index is 11.6. The van der Waals surface area contributed by atoms with Crippen molar-refractivity contribution < 1.29 is 9.53 Å². The van der Waals surface area contributed by atoms with Crippen LogP contribution in [-0.4, -0.2) is 11.9 Å². The lowest BCUT2D eigenvalue weighted by Crippen LogP contribution is -2.32. The van der Waals surface area contributed by atoms with Crippen molar-refractivity contribution in [2.45, 2.75) is 45.6 Å².